The highest BCUT2D eigenvalue weighted by Crippen LogP contribution is 2.41. The first-order valence-electron chi connectivity index (χ1n) is 22.5. The monoisotopic (exact) mass is 783 g/mol. The van der Waals surface area contributed by atoms with Gasteiger partial charge in [-0.1, -0.05) is 152 Å². The lowest BCUT2D eigenvalue weighted by atomic mass is 10.00. The number of benzene rings is 10. The summed E-state index contributed by atoms with van der Waals surface area (Å²) in [5, 5.41) is 4.10. The predicted molar refractivity (Wildman–Crippen MR) is 259 cm³/mol. The van der Waals surface area contributed by atoms with Crippen LogP contribution in [0.25, 0.3) is 60.5 Å². The fourth-order valence-electron chi connectivity index (χ4n) is 8.51. The Hall–Kier alpha value is -8.14. The average molecular weight is 784 g/mol. The SMILES string of the molecule is [2H]c1c([2H])c(N(c2ccccc2)c2ccc3c4ccccc4n(-c4ccccc4)c3c2)c([2H])c([2H])c1-c1ccc2cc(N(c3ccccc3)c3cccc(-c4ccccc4)c3)ccc2c1. The maximum Gasteiger partial charge on any atom is 0.0645 e. The number of hydrogen-bond acceptors (Lipinski definition) is 2. The van der Waals surface area contributed by atoms with Crippen LogP contribution >= 0.6 is 0 Å². The third-order valence-corrected chi connectivity index (χ3v) is 11.4. The molecule has 0 aliphatic heterocycles. The third-order valence-electron chi connectivity index (χ3n) is 11.4. The van der Waals surface area contributed by atoms with E-state index in [0.717, 1.165) is 77.8 Å². The van der Waals surface area contributed by atoms with Gasteiger partial charge in [0.15, 0.2) is 0 Å². The first kappa shape index (κ1) is 31.8. The zero-order valence-electron chi connectivity index (χ0n) is 37.2. The molecule has 0 spiro atoms. The summed E-state index contributed by atoms with van der Waals surface area (Å²) in [4.78, 5) is 4.10. The Balaban J connectivity index is 1.01. The number of fused-ring (bicyclic) bond motifs is 4. The van der Waals surface area contributed by atoms with Crippen molar-refractivity contribution in [3.05, 3.63) is 249 Å². The average Bonchev–Trinajstić information content (AvgIpc) is 3.69. The summed E-state index contributed by atoms with van der Waals surface area (Å²) in [6, 6.07) is 75.4. The van der Waals surface area contributed by atoms with E-state index in [1.807, 2.05) is 114 Å². The van der Waals surface area contributed by atoms with Gasteiger partial charge in [-0.3, -0.25) is 0 Å². The van der Waals surface area contributed by atoms with E-state index in [2.05, 4.69) is 125 Å². The van der Waals surface area contributed by atoms with Gasteiger partial charge in [-0.05, 0) is 130 Å². The van der Waals surface area contributed by atoms with Crippen LogP contribution in [-0.2, 0) is 0 Å². The molecule has 61 heavy (non-hydrogen) atoms. The summed E-state index contributed by atoms with van der Waals surface area (Å²) >= 11 is 0. The summed E-state index contributed by atoms with van der Waals surface area (Å²) in [7, 11) is 0. The molecule has 10 aromatic carbocycles. The highest BCUT2D eigenvalue weighted by atomic mass is 15.1. The van der Waals surface area contributed by atoms with E-state index >= 15 is 0 Å². The highest BCUT2D eigenvalue weighted by Gasteiger charge is 2.18. The Morgan fingerprint density at radius 3 is 1.54 bits per heavy atom. The molecule has 11 rings (SSSR count). The minimum atomic E-state index is -0.125. The van der Waals surface area contributed by atoms with E-state index in [-0.39, 0.29) is 35.4 Å². The van der Waals surface area contributed by atoms with Crippen LogP contribution in [0.3, 0.4) is 0 Å². The molecular formula is C58H41N3. The Morgan fingerprint density at radius 1 is 0.295 bits per heavy atom. The molecule has 0 bridgehead atoms. The van der Waals surface area contributed by atoms with Gasteiger partial charge in [0.05, 0.1) is 16.5 Å². The molecule has 0 fully saturated rings. The lowest BCUT2D eigenvalue weighted by Gasteiger charge is -2.26. The molecule has 0 N–H and O–H groups in total. The molecule has 3 heteroatoms. The van der Waals surface area contributed by atoms with Crippen molar-refractivity contribution in [3.63, 3.8) is 0 Å². The van der Waals surface area contributed by atoms with Crippen LogP contribution in [0.15, 0.2) is 249 Å². The molecule has 0 atom stereocenters. The fourth-order valence-corrected chi connectivity index (χ4v) is 8.51. The van der Waals surface area contributed by atoms with Crippen molar-refractivity contribution in [3.8, 4) is 27.9 Å². The van der Waals surface area contributed by atoms with Crippen LogP contribution in [0.5, 0.6) is 0 Å². The molecule has 0 saturated carbocycles. The zero-order chi connectivity index (χ0) is 44.0. The van der Waals surface area contributed by atoms with Gasteiger partial charge < -0.3 is 14.4 Å². The first-order valence-corrected chi connectivity index (χ1v) is 20.5. The molecule has 0 unspecified atom stereocenters. The minimum absolute atomic E-state index is 0.106. The van der Waals surface area contributed by atoms with Crippen molar-refractivity contribution in [1.82, 2.24) is 4.57 Å². The van der Waals surface area contributed by atoms with Gasteiger partial charge in [0.2, 0.25) is 0 Å². The van der Waals surface area contributed by atoms with Crippen molar-refractivity contribution in [2.24, 2.45) is 0 Å². The van der Waals surface area contributed by atoms with Gasteiger partial charge in [-0.15, -0.1) is 0 Å². The zero-order valence-corrected chi connectivity index (χ0v) is 33.2. The molecule has 11 aromatic rings. The van der Waals surface area contributed by atoms with Crippen LogP contribution in [-0.4, -0.2) is 4.57 Å². The van der Waals surface area contributed by atoms with Crippen molar-refractivity contribution < 1.29 is 5.48 Å². The maximum atomic E-state index is 9.61. The fraction of sp³-hybridized carbons (Fsp3) is 0. The normalized spacial score (nSPS) is 12.2. The number of anilines is 6. The van der Waals surface area contributed by atoms with Gasteiger partial charge in [0, 0.05) is 50.6 Å². The van der Waals surface area contributed by atoms with Gasteiger partial charge >= 0.3 is 0 Å². The van der Waals surface area contributed by atoms with E-state index < -0.39 is 0 Å². The van der Waals surface area contributed by atoms with Crippen LogP contribution in [0.1, 0.15) is 5.48 Å². The number of aromatic nitrogens is 1. The van der Waals surface area contributed by atoms with Gasteiger partial charge in [0.25, 0.3) is 0 Å². The second-order valence-electron chi connectivity index (χ2n) is 15.1. The summed E-state index contributed by atoms with van der Waals surface area (Å²) in [6.07, 6.45) is 0. The van der Waals surface area contributed by atoms with E-state index in [1.54, 1.807) is 0 Å². The molecule has 0 amide bonds. The van der Waals surface area contributed by atoms with Crippen molar-refractivity contribution in [2.75, 3.05) is 9.80 Å². The van der Waals surface area contributed by atoms with Crippen LogP contribution in [0.4, 0.5) is 34.1 Å². The van der Waals surface area contributed by atoms with Crippen LogP contribution in [0.2, 0.25) is 0 Å². The number of hydrogen-bond donors (Lipinski definition) is 0. The largest absolute Gasteiger partial charge is 0.310 e. The Bertz CT molecular complexity index is 3510. The number of nitrogens with zero attached hydrogens (tertiary/aromatic N) is 3. The third kappa shape index (κ3) is 6.78. The standard InChI is InChI=1S/C58H41N3/c1-5-16-42(17-6-1)44-18-15-25-52(39-44)60(49-21-9-3-10-22-49)53-35-32-46-38-45(28-29-47(46)40-53)43-30-33-51(34-31-43)59(48-19-7-2-8-20-48)54-36-37-56-55-26-13-14-27-57(55)61(58(56)41-54)50-23-11-4-12-24-50/h1-41H/i30D,31D,33D,34D. The topological polar surface area (TPSA) is 11.4 Å². The van der Waals surface area contributed by atoms with E-state index in [9.17, 15) is 5.48 Å². The Labute approximate surface area is 361 Å². The maximum absolute atomic E-state index is 9.61. The van der Waals surface area contributed by atoms with E-state index in [0.29, 0.717) is 5.56 Å². The van der Waals surface area contributed by atoms with Crippen molar-refractivity contribution >= 4 is 66.7 Å². The number of para-hydroxylation sites is 4. The van der Waals surface area contributed by atoms with E-state index in [1.165, 1.54) is 0 Å². The highest BCUT2D eigenvalue weighted by molar-refractivity contribution is 6.10. The van der Waals surface area contributed by atoms with Gasteiger partial charge in [0.1, 0.15) is 0 Å². The lowest BCUT2D eigenvalue weighted by molar-refractivity contribution is 1.18. The molecular weight excluding hydrogens is 739 g/mol. The summed E-state index contributed by atoms with van der Waals surface area (Å²) < 4.78 is 40.5. The van der Waals surface area contributed by atoms with Crippen molar-refractivity contribution in [1.29, 1.82) is 0 Å². The Kier molecular flexibility index (Phi) is 8.11. The lowest BCUT2D eigenvalue weighted by Crippen LogP contribution is -2.10. The summed E-state index contributed by atoms with van der Waals surface area (Å²) in [5.74, 6) is 0. The molecule has 0 radical (unpaired) electrons. The second-order valence-corrected chi connectivity index (χ2v) is 15.1. The Morgan fingerprint density at radius 2 is 0.803 bits per heavy atom. The smallest absolute Gasteiger partial charge is 0.0645 e. The molecule has 0 aliphatic carbocycles. The van der Waals surface area contributed by atoms with Crippen LogP contribution in [0, 0.1) is 0 Å². The van der Waals surface area contributed by atoms with E-state index in [4.69, 9.17) is 0 Å². The van der Waals surface area contributed by atoms with Gasteiger partial charge in [-0.25, -0.2) is 0 Å². The number of rotatable bonds is 9. The molecule has 288 valence electrons. The van der Waals surface area contributed by atoms with Gasteiger partial charge in [-0.2, -0.15) is 0 Å². The summed E-state index contributed by atoms with van der Waals surface area (Å²) in [5.41, 5.74) is 10.9. The van der Waals surface area contributed by atoms with Crippen molar-refractivity contribution in [2.45, 2.75) is 0 Å². The second kappa shape index (κ2) is 15.6. The first-order chi connectivity index (χ1) is 31.9. The quantitative estimate of drug-likeness (QED) is 0.144. The predicted octanol–water partition coefficient (Wildman–Crippen LogP) is 16.2. The molecule has 1 aromatic heterocycles. The molecule has 0 saturated heterocycles. The summed E-state index contributed by atoms with van der Waals surface area (Å²) in [6.45, 7) is 0. The molecule has 1 heterocycles. The molecule has 3 nitrogen and oxygen atoms in total. The van der Waals surface area contributed by atoms with Crippen LogP contribution < -0.4 is 9.80 Å². The molecule has 0 aliphatic rings. The minimum Gasteiger partial charge on any atom is -0.310 e.